The maximum atomic E-state index is 13.8. The molecular formula is C14H14FNO2. The highest BCUT2D eigenvalue weighted by atomic mass is 19.1. The van der Waals surface area contributed by atoms with E-state index in [1.54, 1.807) is 43.3 Å². The highest BCUT2D eigenvalue weighted by Gasteiger charge is 2.08. The van der Waals surface area contributed by atoms with Crippen LogP contribution in [0.5, 0.6) is 17.2 Å². The maximum absolute atomic E-state index is 13.8. The van der Waals surface area contributed by atoms with Gasteiger partial charge in [0.05, 0.1) is 7.11 Å². The predicted octanol–water partition coefficient (Wildman–Crippen LogP) is 3.52. The zero-order chi connectivity index (χ0) is 13.1. The van der Waals surface area contributed by atoms with Crippen molar-refractivity contribution in [1.82, 2.24) is 0 Å². The van der Waals surface area contributed by atoms with Crippen LogP contribution in [0.3, 0.4) is 0 Å². The molecule has 0 saturated heterocycles. The van der Waals surface area contributed by atoms with Crippen LogP contribution in [0.15, 0.2) is 36.4 Å². The Labute approximate surface area is 105 Å². The van der Waals surface area contributed by atoms with Crippen molar-refractivity contribution in [1.29, 1.82) is 0 Å². The third-order valence-corrected chi connectivity index (χ3v) is 2.52. The molecule has 0 heterocycles. The van der Waals surface area contributed by atoms with Gasteiger partial charge in [-0.25, -0.2) is 4.39 Å². The fraction of sp³-hybridized carbons (Fsp3) is 0.143. The molecule has 94 valence electrons. The predicted molar refractivity (Wildman–Crippen MR) is 68.6 cm³/mol. The highest BCUT2D eigenvalue weighted by molar-refractivity contribution is 5.51. The number of benzene rings is 2. The number of hydrogen-bond acceptors (Lipinski definition) is 3. The molecule has 2 aromatic carbocycles. The Balaban J connectivity index is 2.34. The Hall–Kier alpha value is -2.23. The Bertz CT molecular complexity index is 570. The van der Waals surface area contributed by atoms with Gasteiger partial charge in [0.15, 0.2) is 11.6 Å². The number of nitrogen functional groups attached to an aromatic ring is 1. The third-order valence-electron chi connectivity index (χ3n) is 2.52. The summed E-state index contributed by atoms with van der Waals surface area (Å²) in [6.07, 6.45) is 0. The number of rotatable bonds is 3. The molecule has 0 atom stereocenters. The van der Waals surface area contributed by atoms with Crippen molar-refractivity contribution in [3.63, 3.8) is 0 Å². The topological polar surface area (TPSA) is 44.5 Å². The lowest BCUT2D eigenvalue weighted by Gasteiger charge is -2.10. The first-order valence-electron chi connectivity index (χ1n) is 5.47. The molecule has 0 radical (unpaired) electrons. The molecule has 0 saturated carbocycles. The van der Waals surface area contributed by atoms with Crippen LogP contribution in [-0.4, -0.2) is 7.11 Å². The van der Waals surface area contributed by atoms with Gasteiger partial charge in [0.1, 0.15) is 11.5 Å². The van der Waals surface area contributed by atoms with Crippen LogP contribution in [0.25, 0.3) is 0 Å². The quantitative estimate of drug-likeness (QED) is 0.844. The van der Waals surface area contributed by atoms with E-state index in [0.29, 0.717) is 22.7 Å². The normalized spacial score (nSPS) is 10.2. The number of hydrogen-bond donors (Lipinski definition) is 1. The summed E-state index contributed by atoms with van der Waals surface area (Å²) in [5, 5.41) is 0. The molecule has 0 aromatic heterocycles. The van der Waals surface area contributed by atoms with Gasteiger partial charge in [-0.2, -0.15) is 0 Å². The van der Waals surface area contributed by atoms with Crippen LogP contribution >= 0.6 is 0 Å². The summed E-state index contributed by atoms with van der Waals surface area (Å²) in [6.45, 7) is 1.68. The van der Waals surface area contributed by atoms with E-state index in [1.807, 2.05) is 0 Å². The van der Waals surface area contributed by atoms with Gasteiger partial charge in [-0.3, -0.25) is 0 Å². The summed E-state index contributed by atoms with van der Waals surface area (Å²) < 4.78 is 24.3. The first-order chi connectivity index (χ1) is 8.60. The molecule has 0 fully saturated rings. The smallest absolute Gasteiger partial charge is 0.168 e. The van der Waals surface area contributed by atoms with E-state index >= 15 is 0 Å². The summed E-state index contributed by atoms with van der Waals surface area (Å²) in [4.78, 5) is 0. The van der Waals surface area contributed by atoms with Crippen molar-refractivity contribution in [3.05, 3.63) is 47.8 Å². The minimum atomic E-state index is -0.376. The molecule has 0 bridgehead atoms. The number of halogens is 1. The number of nitrogens with two attached hydrogens (primary N) is 1. The van der Waals surface area contributed by atoms with Gasteiger partial charge in [0, 0.05) is 23.9 Å². The van der Waals surface area contributed by atoms with E-state index in [2.05, 4.69) is 0 Å². The van der Waals surface area contributed by atoms with Gasteiger partial charge in [0.25, 0.3) is 0 Å². The van der Waals surface area contributed by atoms with E-state index in [-0.39, 0.29) is 11.6 Å². The molecule has 0 spiro atoms. The standard InChI is InChI=1S/C14H14FNO2/c1-9-4-3-5-13(14(9)15)18-12-7-10(16)6-11(8-12)17-2/h3-8H,16H2,1-2H3. The van der Waals surface area contributed by atoms with Crippen molar-refractivity contribution in [2.45, 2.75) is 6.92 Å². The second-order valence-electron chi connectivity index (χ2n) is 3.93. The minimum Gasteiger partial charge on any atom is -0.497 e. The summed E-state index contributed by atoms with van der Waals surface area (Å²) in [5.41, 5.74) is 6.73. The molecule has 0 unspecified atom stereocenters. The lowest BCUT2D eigenvalue weighted by Crippen LogP contribution is -1.93. The van der Waals surface area contributed by atoms with Gasteiger partial charge in [0.2, 0.25) is 0 Å². The van der Waals surface area contributed by atoms with Crippen molar-refractivity contribution in [2.75, 3.05) is 12.8 Å². The van der Waals surface area contributed by atoms with E-state index in [1.165, 1.54) is 7.11 Å². The van der Waals surface area contributed by atoms with E-state index in [0.717, 1.165) is 0 Å². The van der Waals surface area contributed by atoms with Crippen LogP contribution in [0.4, 0.5) is 10.1 Å². The molecule has 18 heavy (non-hydrogen) atoms. The lowest BCUT2D eigenvalue weighted by atomic mass is 10.2. The van der Waals surface area contributed by atoms with Gasteiger partial charge in [-0.1, -0.05) is 12.1 Å². The maximum Gasteiger partial charge on any atom is 0.168 e. The molecule has 2 N–H and O–H groups in total. The van der Waals surface area contributed by atoms with Crippen LogP contribution in [-0.2, 0) is 0 Å². The SMILES string of the molecule is COc1cc(N)cc(Oc2cccc(C)c2F)c1. The zero-order valence-corrected chi connectivity index (χ0v) is 10.2. The molecule has 0 aliphatic rings. The van der Waals surface area contributed by atoms with Crippen LogP contribution in [0, 0.1) is 12.7 Å². The molecule has 4 heteroatoms. The number of aryl methyl sites for hydroxylation is 1. The highest BCUT2D eigenvalue weighted by Crippen LogP contribution is 2.30. The molecule has 3 nitrogen and oxygen atoms in total. The Kier molecular flexibility index (Phi) is 3.37. The van der Waals surface area contributed by atoms with Gasteiger partial charge < -0.3 is 15.2 Å². The molecule has 2 aromatic rings. The Morgan fingerprint density at radius 3 is 2.56 bits per heavy atom. The van der Waals surface area contributed by atoms with Crippen LogP contribution in [0.2, 0.25) is 0 Å². The third kappa shape index (κ3) is 2.53. The van der Waals surface area contributed by atoms with Gasteiger partial charge >= 0.3 is 0 Å². The molecule has 0 aliphatic carbocycles. The van der Waals surface area contributed by atoms with E-state index < -0.39 is 0 Å². The monoisotopic (exact) mass is 247 g/mol. The summed E-state index contributed by atoms with van der Waals surface area (Å²) >= 11 is 0. The first kappa shape index (κ1) is 12.2. The Morgan fingerprint density at radius 2 is 1.83 bits per heavy atom. The van der Waals surface area contributed by atoms with Gasteiger partial charge in [-0.05, 0) is 18.6 Å². The number of ether oxygens (including phenoxy) is 2. The van der Waals surface area contributed by atoms with E-state index in [9.17, 15) is 4.39 Å². The molecular weight excluding hydrogens is 233 g/mol. The average molecular weight is 247 g/mol. The zero-order valence-electron chi connectivity index (χ0n) is 10.2. The van der Waals surface area contributed by atoms with E-state index in [4.69, 9.17) is 15.2 Å². The van der Waals surface area contributed by atoms with Crippen molar-refractivity contribution in [3.8, 4) is 17.2 Å². The second-order valence-corrected chi connectivity index (χ2v) is 3.93. The van der Waals surface area contributed by atoms with Crippen LogP contribution < -0.4 is 15.2 Å². The van der Waals surface area contributed by atoms with Crippen molar-refractivity contribution >= 4 is 5.69 Å². The van der Waals surface area contributed by atoms with Crippen LogP contribution in [0.1, 0.15) is 5.56 Å². The van der Waals surface area contributed by atoms with Crippen molar-refractivity contribution < 1.29 is 13.9 Å². The summed E-state index contributed by atoms with van der Waals surface area (Å²) in [6, 6.07) is 9.92. The lowest BCUT2D eigenvalue weighted by molar-refractivity contribution is 0.405. The molecule has 2 rings (SSSR count). The van der Waals surface area contributed by atoms with Crippen molar-refractivity contribution in [2.24, 2.45) is 0 Å². The molecule has 0 amide bonds. The fourth-order valence-corrected chi connectivity index (χ4v) is 1.60. The number of methoxy groups -OCH3 is 1. The largest absolute Gasteiger partial charge is 0.497 e. The fourth-order valence-electron chi connectivity index (χ4n) is 1.60. The first-order valence-corrected chi connectivity index (χ1v) is 5.47. The summed E-state index contributed by atoms with van der Waals surface area (Å²) in [7, 11) is 1.53. The second kappa shape index (κ2) is 4.96. The molecule has 0 aliphatic heterocycles. The average Bonchev–Trinajstić information content (AvgIpc) is 2.34. The van der Waals surface area contributed by atoms with Gasteiger partial charge in [-0.15, -0.1) is 0 Å². The Morgan fingerprint density at radius 1 is 1.11 bits per heavy atom. The summed E-state index contributed by atoms with van der Waals surface area (Å²) in [5.74, 6) is 0.802. The minimum absolute atomic E-state index is 0.169. The number of anilines is 1.